The Labute approximate surface area is 499 Å². The highest BCUT2D eigenvalue weighted by Gasteiger charge is 2.26. The van der Waals surface area contributed by atoms with E-state index in [1.54, 1.807) is 0 Å². The second kappa shape index (κ2) is 26.6. The van der Waals surface area contributed by atoms with E-state index in [4.69, 9.17) is 19.9 Å². The number of nitrogens with one attached hydrogen (secondary N) is 4. The van der Waals surface area contributed by atoms with Gasteiger partial charge in [-0.3, -0.25) is 0 Å². The van der Waals surface area contributed by atoms with Crippen LogP contribution in [0.4, 0.5) is 0 Å². The minimum atomic E-state index is 0.943. The predicted octanol–water partition coefficient (Wildman–Crippen LogP) is 22.3. The Morgan fingerprint density at radius 3 is 0.869 bits per heavy atom. The maximum Gasteiger partial charge on any atom is 0.0818 e. The fraction of sp³-hybridized carbons (Fsp3) is 0.474. The second-order valence-electron chi connectivity index (χ2n) is 25.2. The van der Waals surface area contributed by atoms with Gasteiger partial charge in [0.05, 0.1) is 55.9 Å². The van der Waals surface area contributed by atoms with Crippen molar-refractivity contribution >= 4 is 123 Å². The summed E-state index contributed by atoms with van der Waals surface area (Å²) in [4.78, 5) is 40.2. The monoisotopic (exact) mass is 1120 g/mol. The SMILES string of the molecule is CCCCCCc1c2nc(c(CCCCCC)c3cc4c5cc6[nH]c5c5c7nc(cc7c7cc(nc7c5c4[nH]3)c(CCCCCC)c3ccc1[nH]3)c(CCCCCC)c1ccc([nH]1)c(CCCCCC)c1nc(c6CCCCCC)C=C1)C=C2. The molecule has 8 heteroatoms. The van der Waals surface area contributed by atoms with Crippen LogP contribution in [0.1, 0.15) is 252 Å². The van der Waals surface area contributed by atoms with Gasteiger partial charge in [0.25, 0.3) is 0 Å². The number of unbranched alkanes of at least 4 members (excludes halogenated alkanes) is 18. The molecule has 84 heavy (non-hydrogen) atoms. The van der Waals surface area contributed by atoms with Crippen LogP contribution in [-0.2, 0) is 38.5 Å². The lowest BCUT2D eigenvalue weighted by molar-refractivity contribution is 0.666. The molecule has 16 bridgehead atoms. The van der Waals surface area contributed by atoms with Gasteiger partial charge < -0.3 is 19.9 Å². The van der Waals surface area contributed by atoms with Gasteiger partial charge in [-0.25, -0.2) is 19.9 Å². The number of rotatable bonds is 30. The van der Waals surface area contributed by atoms with E-state index in [2.05, 4.69) is 134 Å². The molecule has 438 valence electrons. The van der Waals surface area contributed by atoms with Gasteiger partial charge in [0.2, 0.25) is 0 Å². The summed E-state index contributed by atoms with van der Waals surface area (Å²) in [5.41, 5.74) is 25.7. The third-order valence-electron chi connectivity index (χ3n) is 19.1. The number of aromatic amines is 4. The van der Waals surface area contributed by atoms with Crippen molar-refractivity contribution in [2.75, 3.05) is 0 Å². The molecule has 0 radical (unpaired) electrons. The van der Waals surface area contributed by atoms with Crippen LogP contribution in [0.15, 0.2) is 48.5 Å². The summed E-state index contributed by atoms with van der Waals surface area (Å²) in [6, 6.07) is 19.3. The van der Waals surface area contributed by atoms with Crippen molar-refractivity contribution in [2.45, 2.75) is 234 Å². The first-order valence-corrected chi connectivity index (χ1v) is 33.9. The Kier molecular flexibility index (Phi) is 18.3. The molecule has 0 saturated carbocycles. The number of hydrogen-bond donors (Lipinski definition) is 4. The third-order valence-corrected chi connectivity index (χ3v) is 19.1. The molecule has 0 atom stereocenters. The van der Waals surface area contributed by atoms with Crippen molar-refractivity contribution in [3.63, 3.8) is 0 Å². The Morgan fingerprint density at radius 2 is 0.560 bits per heavy atom. The summed E-state index contributed by atoms with van der Waals surface area (Å²) in [5, 5.41) is 7.10. The molecular weight excluding hydrogens is 1020 g/mol. The standard InChI is InChI=1S/C76H94N8/c1-7-13-19-25-31-49-59-37-41-63(77-59)51(33-27-21-15-9-3)67-45-55-57-47-69-53(35-29-23-17-11-5)65-43-39-61(79-65)50(32-26-20-14-8-2)62-40-44-66(80-62)54(36-30-24-18-12-6)70-48-58-56-46-68(52(34-28-22-16-10-4)64-42-38-60(49)78-64)82-74(56)71(73(55)81-67)72(75(57)83-69)76(58)84-70/h37-48,77,79,82,84H,7-36H2,1-6H3. The van der Waals surface area contributed by atoms with Crippen molar-refractivity contribution in [3.8, 4) is 0 Å². The summed E-state index contributed by atoms with van der Waals surface area (Å²) >= 11 is 0. The van der Waals surface area contributed by atoms with Crippen LogP contribution in [0.2, 0.25) is 0 Å². The van der Waals surface area contributed by atoms with Crippen LogP contribution in [0, 0.1) is 0 Å². The molecule has 0 aliphatic carbocycles. The van der Waals surface area contributed by atoms with Crippen LogP contribution in [0.3, 0.4) is 0 Å². The van der Waals surface area contributed by atoms with Crippen LogP contribution in [0.25, 0.3) is 123 Å². The van der Waals surface area contributed by atoms with E-state index in [0.717, 1.165) is 155 Å². The summed E-state index contributed by atoms with van der Waals surface area (Å²) in [7, 11) is 0. The summed E-state index contributed by atoms with van der Waals surface area (Å²) in [6.45, 7) is 13.9. The Morgan fingerprint density at radius 1 is 0.274 bits per heavy atom. The number of fused-ring (bicyclic) bond motifs is 14. The van der Waals surface area contributed by atoms with E-state index in [-0.39, 0.29) is 0 Å². The van der Waals surface area contributed by atoms with Gasteiger partial charge in [0.15, 0.2) is 0 Å². The first-order chi connectivity index (χ1) is 41.4. The van der Waals surface area contributed by atoms with E-state index in [0.29, 0.717) is 0 Å². The largest absolute Gasteiger partial charge is 0.355 e. The number of H-pyrrole nitrogens is 4. The predicted molar refractivity (Wildman–Crippen MR) is 364 cm³/mol. The molecule has 8 nitrogen and oxygen atoms in total. The molecule has 0 amide bonds. The van der Waals surface area contributed by atoms with Gasteiger partial charge in [-0.2, -0.15) is 0 Å². The fourth-order valence-electron chi connectivity index (χ4n) is 14.4. The fourth-order valence-corrected chi connectivity index (χ4v) is 14.4. The van der Waals surface area contributed by atoms with E-state index in [1.165, 1.54) is 193 Å². The van der Waals surface area contributed by atoms with E-state index in [9.17, 15) is 0 Å². The lowest BCUT2D eigenvalue weighted by Gasteiger charge is -2.07. The molecule has 0 spiro atoms. The molecule has 0 fully saturated rings. The van der Waals surface area contributed by atoms with Crippen LogP contribution < -0.4 is 0 Å². The highest BCUT2D eigenvalue weighted by Crippen LogP contribution is 2.46. The molecule has 10 heterocycles. The van der Waals surface area contributed by atoms with Crippen LogP contribution in [-0.4, -0.2) is 39.9 Å². The van der Waals surface area contributed by atoms with Gasteiger partial charge in [-0.15, -0.1) is 0 Å². The zero-order valence-electron chi connectivity index (χ0n) is 51.9. The van der Waals surface area contributed by atoms with Gasteiger partial charge in [0.1, 0.15) is 0 Å². The molecule has 0 saturated heterocycles. The molecule has 10 aromatic rings. The van der Waals surface area contributed by atoms with Crippen molar-refractivity contribution < 1.29 is 0 Å². The van der Waals surface area contributed by atoms with Gasteiger partial charge >= 0.3 is 0 Å². The quantitative estimate of drug-likeness (QED) is 0.0336. The first kappa shape index (κ1) is 57.6. The zero-order valence-corrected chi connectivity index (χ0v) is 51.9. The normalized spacial score (nSPS) is 12.8. The number of aromatic nitrogens is 8. The molecule has 8 aromatic heterocycles. The number of nitrogens with zero attached hydrogens (tertiary/aromatic N) is 4. The molecule has 2 aliphatic heterocycles. The smallest absolute Gasteiger partial charge is 0.0818 e. The topological polar surface area (TPSA) is 115 Å². The summed E-state index contributed by atoms with van der Waals surface area (Å²) in [6.07, 6.45) is 43.6. The van der Waals surface area contributed by atoms with Crippen LogP contribution in [0.5, 0.6) is 0 Å². The Hall–Kier alpha value is -6.80. The first-order valence-electron chi connectivity index (χ1n) is 33.9. The molecule has 4 N–H and O–H groups in total. The lowest BCUT2D eigenvalue weighted by Crippen LogP contribution is -1.95. The van der Waals surface area contributed by atoms with E-state index in [1.807, 2.05) is 0 Å². The lowest BCUT2D eigenvalue weighted by atomic mass is 9.98. The molecule has 2 aromatic carbocycles. The Balaban J connectivity index is 1.27. The number of aryl methyl sites for hydroxylation is 6. The molecule has 2 aliphatic rings. The van der Waals surface area contributed by atoms with E-state index < -0.39 is 0 Å². The van der Waals surface area contributed by atoms with Crippen LogP contribution >= 0.6 is 0 Å². The maximum atomic E-state index is 6.02. The average Bonchev–Trinajstić information content (AvgIpc) is 2.97. The van der Waals surface area contributed by atoms with Gasteiger partial charge in [0, 0.05) is 98.8 Å². The van der Waals surface area contributed by atoms with Gasteiger partial charge in [-0.05, 0) is 150 Å². The van der Waals surface area contributed by atoms with Crippen molar-refractivity contribution in [2.24, 2.45) is 0 Å². The molecular formula is C76H94N8. The summed E-state index contributed by atoms with van der Waals surface area (Å²) < 4.78 is 0. The minimum absolute atomic E-state index is 0.943. The highest BCUT2D eigenvalue weighted by atomic mass is 14.8. The Bertz CT molecular complexity index is 3920. The number of hydrogen-bond acceptors (Lipinski definition) is 4. The van der Waals surface area contributed by atoms with Gasteiger partial charge in [-0.1, -0.05) is 157 Å². The average molecular weight is 1120 g/mol. The van der Waals surface area contributed by atoms with E-state index >= 15 is 0 Å². The second-order valence-corrected chi connectivity index (χ2v) is 25.2. The highest BCUT2D eigenvalue weighted by molar-refractivity contribution is 6.39. The minimum Gasteiger partial charge on any atom is -0.355 e. The van der Waals surface area contributed by atoms with Crippen molar-refractivity contribution in [1.29, 1.82) is 0 Å². The number of benzene rings is 2. The maximum absolute atomic E-state index is 6.02. The molecule has 0 unspecified atom stereocenters. The zero-order chi connectivity index (χ0) is 57.5. The van der Waals surface area contributed by atoms with Crippen molar-refractivity contribution in [1.82, 2.24) is 39.9 Å². The third kappa shape index (κ3) is 11.6. The summed E-state index contributed by atoms with van der Waals surface area (Å²) in [5.74, 6) is 0. The van der Waals surface area contributed by atoms with Crippen molar-refractivity contribution in [3.05, 3.63) is 105 Å². The molecule has 12 rings (SSSR count).